The molecule has 0 atom stereocenters. The van der Waals surface area contributed by atoms with Gasteiger partial charge in [0.25, 0.3) is 0 Å². The number of nitrogens with zero attached hydrogens (tertiary/aromatic N) is 2. The summed E-state index contributed by atoms with van der Waals surface area (Å²) >= 11 is 0. The largest absolute Gasteiger partial charge is 2.00 e. The van der Waals surface area contributed by atoms with Crippen LogP contribution in [0.5, 0.6) is 0 Å². The molecular formula is C54H108CaN2O4. The summed E-state index contributed by atoms with van der Waals surface area (Å²) in [4.78, 5) is 26.4. The average molecular weight is 890 g/mol. The standard InChI is InChI=1S/2C27H55NO2.Ca/c2*1-3-5-7-9-11-13-15-17-19-21-24-28(26-23-27(29)30)25-22-20-18-16-14-12-10-8-6-4-2;/h2*3-26H2,1-2H3,(H,29,30);/q;;+2/p-2. The number of carbonyl (C=O) groups is 2. The van der Waals surface area contributed by atoms with Gasteiger partial charge in [0.05, 0.1) is 0 Å². The molecule has 0 aromatic rings. The molecule has 0 amide bonds. The van der Waals surface area contributed by atoms with Crippen LogP contribution in [-0.2, 0) is 9.59 Å². The Kier molecular flexibility index (Phi) is 62.3. The number of aliphatic carboxylic acids is 2. The third-order valence-corrected chi connectivity index (χ3v) is 12.6. The van der Waals surface area contributed by atoms with Gasteiger partial charge in [-0.1, -0.05) is 259 Å². The summed E-state index contributed by atoms with van der Waals surface area (Å²) in [5.74, 6) is -1.82. The molecule has 0 saturated carbocycles. The Morgan fingerprint density at radius 2 is 0.410 bits per heavy atom. The minimum atomic E-state index is -0.911. The molecule has 0 aliphatic heterocycles. The zero-order valence-corrected chi connectivity index (χ0v) is 44.4. The second kappa shape index (κ2) is 58.1. The van der Waals surface area contributed by atoms with Crippen molar-refractivity contribution in [3.63, 3.8) is 0 Å². The third-order valence-electron chi connectivity index (χ3n) is 12.6. The quantitative estimate of drug-likeness (QED) is 0.0447. The first-order valence-electron chi connectivity index (χ1n) is 27.2. The Balaban J connectivity index is -0.00000109. The second-order valence-electron chi connectivity index (χ2n) is 18.7. The third kappa shape index (κ3) is 60.1. The van der Waals surface area contributed by atoms with Gasteiger partial charge in [0, 0.05) is 25.0 Å². The first kappa shape index (κ1) is 65.4. The molecule has 0 aromatic heterocycles. The van der Waals surface area contributed by atoms with Crippen LogP contribution in [0.4, 0.5) is 0 Å². The smallest absolute Gasteiger partial charge is 0.550 e. The van der Waals surface area contributed by atoms with Gasteiger partial charge in [-0.15, -0.1) is 0 Å². The van der Waals surface area contributed by atoms with Crippen molar-refractivity contribution in [3.8, 4) is 0 Å². The normalized spacial score (nSPS) is 11.2. The Morgan fingerprint density at radius 1 is 0.262 bits per heavy atom. The van der Waals surface area contributed by atoms with Crippen LogP contribution in [0.3, 0.4) is 0 Å². The van der Waals surface area contributed by atoms with Crippen LogP contribution in [-0.4, -0.2) is 98.7 Å². The van der Waals surface area contributed by atoms with Crippen LogP contribution in [0.25, 0.3) is 0 Å². The predicted molar refractivity (Wildman–Crippen MR) is 265 cm³/mol. The van der Waals surface area contributed by atoms with Crippen LogP contribution in [0.1, 0.15) is 297 Å². The molecule has 0 radical (unpaired) electrons. The zero-order chi connectivity index (χ0) is 44.3. The molecule has 0 aliphatic rings. The maximum atomic E-state index is 10.9. The van der Waals surface area contributed by atoms with Crippen molar-refractivity contribution in [3.05, 3.63) is 0 Å². The van der Waals surface area contributed by atoms with Crippen molar-refractivity contribution in [1.82, 2.24) is 9.80 Å². The molecule has 0 saturated heterocycles. The van der Waals surface area contributed by atoms with Gasteiger partial charge in [-0.05, 0) is 64.7 Å². The fraction of sp³-hybridized carbons (Fsp3) is 0.963. The van der Waals surface area contributed by atoms with Crippen molar-refractivity contribution in [1.29, 1.82) is 0 Å². The molecule has 0 heterocycles. The summed E-state index contributed by atoms with van der Waals surface area (Å²) in [6.45, 7) is 14.6. The van der Waals surface area contributed by atoms with Crippen LogP contribution in [0.15, 0.2) is 0 Å². The molecule has 0 aromatic carbocycles. The van der Waals surface area contributed by atoms with Crippen LogP contribution >= 0.6 is 0 Å². The van der Waals surface area contributed by atoms with Crippen molar-refractivity contribution in [2.75, 3.05) is 39.3 Å². The molecule has 0 fully saturated rings. The Hall–Kier alpha value is 0.120. The summed E-state index contributed by atoms with van der Waals surface area (Å²) in [7, 11) is 0. The van der Waals surface area contributed by atoms with Crippen LogP contribution in [0, 0.1) is 0 Å². The Morgan fingerprint density at radius 3 is 0.557 bits per heavy atom. The van der Waals surface area contributed by atoms with Crippen molar-refractivity contribution >= 4 is 49.7 Å². The van der Waals surface area contributed by atoms with E-state index in [1.165, 1.54) is 257 Å². The molecular weight excluding hydrogens is 781 g/mol. The van der Waals surface area contributed by atoms with Gasteiger partial charge in [0.1, 0.15) is 0 Å². The molecule has 0 unspecified atom stereocenters. The maximum Gasteiger partial charge on any atom is 2.00 e. The Bertz CT molecular complexity index is 717. The molecule has 0 N–H and O–H groups in total. The first-order chi connectivity index (χ1) is 29.4. The van der Waals surface area contributed by atoms with E-state index >= 15 is 0 Å². The van der Waals surface area contributed by atoms with E-state index in [9.17, 15) is 19.8 Å². The molecule has 0 spiro atoms. The number of carboxylic acids is 2. The molecule has 0 bridgehead atoms. The summed E-state index contributed by atoms with van der Waals surface area (Å²) in [6.07, 6.45) is 54.4. The first-order valence-corrected chi connectivity index (χ1v) is 27.2. The molecule has 0 aliphatic carbocycles. The van der Waals surface area contributed by atoms with E-state index in [-0.39, 0.29) is 50.6 Å². The van der Waals surface area contributed by atoms with Gasteiger partial charge in [-0.3, -0.25) is 0 Å². The van der Waals surface area contributed by atoms with Crippen molar-refractivity contribution in [2.45, 2.75) is 297 Å². The van der Waals surface area contributed by atoms with E-state index in [0.717, 1.165) is 26.2 Å². The SMILES string of the molecule is CCCCCCCCCCCCN(CCCCCCCCCCCC)CCC(=O)[O-].CCCCCCCCCCCCN(CCCCCCCCCCCC)CCC(=O)[O-].[Ca+2]. The zero-order valence-electron chi connectivity index (χ0n) is 42.2. The molecule has 61 heavy (non-hydrogen) atoms. The number of carbonyl (C=O) groups excluding carboxylic acids is 2. The number of hydrogen-bond acceptors (Lipinski definition) is 6. The molecule has 6 nitrogen and oxygen atoms in total. The van der Waals surface area contributed by atoms with Crippen molar-refractivity contribution in [2.24, 2.45) is 0 Å². The van der Waals surface area contributed by atoms with Gasteiger partial charge in [-0.25, -0.2) is 0 Å². The van der Waals surface area contributed by atoms with Gasteiger partial charge in [0.15, 0.2) is 0 Å². The van der Waals surface area contributed by atoms with Gasteiger partial charge < -0.3 is 29.6 Å². The van der Waals surface area contributed by atoms with E-state index in [1.807, 2.05) is 0 Å². The van der Waals surface area contributed by atoms with Gasteiger partial charge in [-0.2, -0.15) is 0 Å². The Labute approximate surface area is 413 Å². The van der Waals surface area contributed by atoms with E-state index in [1.54, 1.807) is 0 Å². The number of unbranched alkanes of at least 4 members (excludes halogenated alkanes) is 36. The number of rotatable bonds is 50. The van der Waals surface area contributed by atoms with E-state index in [4.69, 9.17) is 0 Å². The van der Waals surface area contributed by atoms with E-state index < -0.39 is 11.9 Å². The average Bonchev–Trinajstić information content (AvgIpc) is 3.24. The minimum Gasteiger partial charge on any atom is -0.550 e. The molecule has 7 heteroatoms. The minimum absolute atomic E-state index is 0. The maximum absolute atomic E-state index is 10.9. The van der Waals surface area contributed by atoms with Gasteiger partial charge >= 0.3 is 37.7 Å². The molecule has 360 valence electrons. The van der Waals surface area contributed by atoms with Crippen LogP contribution < -0.4 is 10.2 Å². The monoisotopic (exact) mass is 889 g/mol. The van der Waals surface area contributed by atoms with E-state index in [2.05, 4.69) is 37.5 Å². The van der Waals surface area contributed by atoms with E-state index in [0.29, 0.717) is 13.1 Å². The van der Waals surface area contributed by atoms with Gasteiger partial charge in [0.2, 0.25) is 0 Å². The predicted octanol–water partition coefficient (Wildman–Crippen LogP) is 14.2. The number of carboxylic acid groups (broad SMARTS) is 2. The molecule has 0 rings (SSSR count). The van der Waals surface area contributed by atoms with Crippen LogP contribution in [0.2, 0.25) is 0 Å². The fourth-order valence-corrected chi connectivity index (χ4v) is 8.46. The second-order valence-corrected chi connectivity index (χ2v) is 18.7. The van der Waals surface area contributed by atoms with Crippen molar-refractivity contribution < 1.29 is 19.8 Å². The summed E-state index contributed by atoms with van der Waals surface area (Å²) < 4.78 is 0. The number of hydrogen-bond donors (Lipinski definition) is 0. The summed E-state index contributed by atoms with van der Waals surface area (Å²) in [6, 6.07) is 0. The fourth-order valence-electron chi connectivity index (χ4n) is 8.46. The summed E-state index contributed by atoms with van der Waals surface area (Å²) in [5, 5.41) is 21.7. The summed E-state index contributed by atoms with van der Waals surface area (Å²) in [5.41, 5.74) is 0. The topological polar surface area (TPSA) is 86.7 Å².